The summed E-state index contributed by atoms with van der Waals surface area (Å²) in [6, 6.07) is 3.66. The lowest BCUT2D eigenvalue weighted by Crippen LogP contribution is -2.29. The highest BCUT2D eigenvalue weighted by Gasteiger charge is 2.23. The van der Waals surface area contributed by atoms with E-state index in [0.29, 0.717) is 17.5 Å². The summed E-state index contributed by atoms with van der Waals surface area (Å²) < 4.78 is 0. The maximum atomic E-state index is 11.1. The molecule has 1 aromatic rings. The number of rotatable bonds is 2. The highest BCUT2D eigenvalue weighted by molar-refractivity contribution is 5.91. The minimum absolute atomic E-state index is 0.267. The van der Waals surface area contributed by atoms with Gasteiger partial charge in [0.1, 0.15) is 5.69 Å². The van der Waals surface area contributed by atoms with E-state index >= 15 is 0 Å². The van der Waals surface area contributed by atoms with Gasteiger partial charge >= 0.3 is 0 Å². The van der Waals surface area contributed by atoms with E-state index in [1.54, 1.807) is 12.1 Å². The fraction of sp³-hybridized carbons (Fsp3) is 0.455. The summed E-state index contributed by atoms with van der Waals surface area (Å²) >= 11 is 0. The van der Waals surface area contributed by atoms with Crippen molar-refractivity contribution in [1.29, 1.82) is 0 Å². The number of anilines is 2. The van der Waals surface area contributed by atoms with Crippen LogP contribution < -0.4 is 16.4 Å². The van der Waals surface area contributed by atoms with Crippen LogP contribution in [0.2, 0.25) is 0 Å². The molecule has 5 heteroatoms. The van der Waals surface area contributed by atoms with Crippen molar-refractivity contribution in [2.75, 3.05) is 17.2 Å². The number of aromatic nitrogens is 1. The van der Waals surface area contributed by atoms with Gasteiger partial charge in [0.25, 0.3) is 5.91 Å². The molecule has 1 saturated heterocycles. The fourth-order valence-corrected chi connectivity index (χ4v) is 2.07. The molecule has 1 aliphatic rings. The number of primary amides is 1. The fourth-order valence-electron chi connectivity index (χ4n) is 2.07. The van der Waals surface area contributed by atoms with E-state index in [1.165, 1.54) is 0 Å². The van der Waals surface area contributed by atoms with Gasteiger partial charge in [-0.2, -0.15) is 0 Å². The number of amides is 1. The Balaban J connectivity index is 2.38. The molecular weight excluding hydrogens is 204 g/mol. The van der Waals surface area contributed by atoms with Gasteiger partial charge in [-0.05, 0) is 31.9 Å². The Hall–Kier alpha value is -1.78. The van der Waals surface area contributed by atoms with Gasteiger partial charge in [0, 0.05) is 12.6 Å². The summed E-state index contributed by atoms with van der Waals surface area (Å²) in [5, 5.41) is 0. The normalized spacial score (nSPS) is 20.1. The zero-order chi connectivity index (χ0) is 11.7. The van der Waals surface area contributed by atoms with E-state index in [1.807, 2.05) is 0 Å². The molecule has 0 saturated carbocycles. The molecule has 1 unspecified atom stereocenters. The van der Waals surface area contributed by atoms with Crippen LogP contribution in [0.5, 0.6) is 0 Å². The standard InChI is InChI=1S/C11H16N4O/c1-7-3-2-6-15(7)11-8(12)4-5-9(14-11)10(13)16/h4-5,7H,2-3,6,12H2,1H3,(H2,13,16). The predicted octanol–water partition coefficient (Wildman–Crippen LogP) is 0.751. The first-order valence-corrected chi connectivity index (χ1v) is 5.42. The molecule has 4 N–H and O–H groups in total. The van der Waals surface area contributed by atoms with Crippen molar-refractivity contribution in [2.24, 2.45) is 5.73 Å². The Kier molecular flexibility index (Phi) is 2.68. The van der Waals surface area contributed by atoms with Gasteiger partial charge in [0.05, 0.1) is 5.69 Å². The van der Waals surface area contributed by atoms with E-state index in [4.69, 9.17) is 11.5 Å². The summed E-state index contributed by atoms with van der Waals surface area (Å²) in [4.78, 5) is 17.4. The number of hydrogen-bond donors (Lipinski definition) is 2. The Morgan fingerprint density at radius 1 is 1.56 bits per heavy atom. The second-order valence-electron chi connectivity index (χ2n) is 4.16. The molecule has 1 aliphatic heterocycles. The molecule has 0 aliphatic carbocycles. The molecule has 1 atom stereocenters. The molecule has 16 heavy (non-hydrogen) atoms. The second-order valence-corrected chi connectivity index (χ2v) is 4.16. The van der Waals surface area contributed by atoms with Crippen LogP contribution in [0.3, 0.4) is 0 Å². The number of pyridine rings is 1. The van der Waals surface area contributed by atoms with Gasteiger partial charge < -0.3 is 16.4 Å². The third kappa shape index (κ3) is 1.80. The van der Waals surface area contributed by atoms with Crippen LogP contribution in [0.25, 0.3) is 0 Å². The molecule has 0 aromatic carbocycles. The van der Waals surface area contributed by atoms with E-state index < -0.39 is 5.91 Å². The number of nitrogen functional groups attached to an aromatic ring is 1. The Morgan fingerprint density at radius 3 is 2.88 bits per heavy atom. The van der Waals surface area contributed by atoms with Crippen molar-refractivity contribution in [1.82, 2.24) is 4.98 Å². The van der Waals surface area contributed by atoms with Crippen LogP contribution in [0.15, 0.2) is 12.1 Å². The molecule has 1 fully saturated rings. The third-order valence-corrected chi connectivity index (χ3v) is 2.98. The first-order valence-electron chi connectivity index (χ1n) is 5.42. The van der Waals surface area contributed by atoms with Crippen molar-refractivity contribution in [2.45, 2.75) is 25.8 Å². The van der Waals surface area contributed by atoms with Gasteiger partial charge in [-0.25, -0.2) is 4.98 Å². The lowest BCUT2D eigenvalue weighted by molar-refractivity contribution is 0.0995. The van der Waals surface area contributed by atoms with E-state index in [2.05, 4.69) is 16.8 Å². The van der Waals surface area contributed by atoms with Gasteiger partial charge in [-0.15, -0.1) is 0 Å². The van der Waals surface area contributed by atoms with Gasteiger partial charge in [0.2, 0.25) is 0 Å². The molecule has 2 rings (SSSR count). The van der Waals surface area contributed by atoms with Crippen molar-refractivity contribution in [3.63, 3.8) is 0 Å². The average molecular weight is 220 g/mol. The van der Waals surface area contributed by atoms with E-state index in [9.17, 15) is 4.79 Å². The molecule has 0 spiro atoms. The minimum atomic E-state index is -0.520. The molecule has 2 heterocycles. The molecule has 0 radical (unpaired) electrons. The number of nitrogens with two attached hydrogens (primary N) is 2. The van der Waals surface area contributed by atoms with Crippen molar-refractivity contribution < 1.29 is 4.79 Å². The number of carbonyl (C=O) groups is 1. The molecule has 1 amide bonds. The quantitative estimate of drug-likeness (QED) is 0.770. The topological polar surface area (TPSA) is 85.2 Å². The molecule has 5 nitrogen and oxygen atoms in total. The number of nitrogens with zero attached hydrogens (tertiary/aromatic N) is 2. The number of hydrogen-bond acceptors (Lipinski definition) is 4. The highest BCUT2D eigenvalue weighted by atomic mass is 16.1. The van der Waals surface area contributed by atoms with Crippen molar-refractivity contribution in [3.8, 4) is 0 Å². The van der Waals surface area contributed by atoms with Crippen LogP contribution in [0.1, 0.15) is 30.3 Å². The van der Waals surface area contributed by atoms with Gasteiger partial charge in [0.15, 0.2) is 5.82 Å². The van der Waals surface area contributed by atoms with Crippen LogP contribution in [-0.4, -0.2) is 23.5 Å². The molecular formula is C11H16N4O. The zero-order valence-electron chi connectivity index (χ0n) is 9.31. The SMILES string of the molecule is CC1CCCN1c1nc(C(N)=O)ccc1N. The second kappa shape index (κ2) is 4.00. The van der Waals surface area contributed by atoms with Crippen molar-refractivity contribution >= 4 is 17.4 Å². The lowest BCUT2D eigenvalue weighted by Gasteiger charge is -2.24. The van der Waals surface area contributed by atoms with Crippen LogP contribution in [-0.2, 0) is 0 Å². The summed E-state index contributed by atoms with van der Waals surface area (Å²) in [5.41, 5.74) is 11.9. The van der Waals surface area contributed by atoms with Gasteiger partial charge in [-0.3, -0.25) is 4.79 Å². The highest BCUT2D eigenvalue weighted by Crippen LogP contribution is 2.28. The van der Waals surface area contributed by atoms with E-state index in [0.717, 1.165) is 19.4 Å². The molecule has 86 valence electrons. The molecule has 1 aromatic heterocycles. The Labute approximate surface area is 94.4 Å². The van der Waals surface area contributed by atoms with E-state index in [-0.39, 0.29) is 5.69 Å². The first-order chi connectivity index (χ1) is 7.59. The summed E-state index contributed by atoms with van der Waals surface area (Å²) in [6.07, 6.45) is 2.25. The summed E-state index contributed by atoms with van der Waals surface area (Å²) in [5.74, 6) is 0.161. The Morgan fingerprint density at radius 2 is 2.31 bits per heavy atom. The Bertz CT molecular complexity index is 418. The smallest absolute Gasteiger partial charge is 0.267 e. The molecule has 0 bridgehead atoms. The maximum Gasteiger partial charge on any atom is 0.267 e. The zero-order valence-corrected chi connectivity index (χ0v) is 9.31. The number of carbonyl (C=O) groups excluding carboxylic acids is 1. The maximum absolute atomic E-state index is 11.1. The van der Waals surface area contributed by atoms with Crippen LogP contribution in [0, 0.1) is 0 Å². The summed E-state index contributed by atoms with van der Waals surface area (Å²) in [7, 11) is 0. The van der Waals surface area contributed by atoms with Crippen LogP contribution in [0.4, 0.5) is 11.5 Å². The minimum Gasteiger partial charge on any atom is -0.396 e. The van der Waals surface area contributed by atoms with Crippen LogP contribution >= 0.6 is 0 Å². The summed E-state index contributed by atoms with van der Waals surface area (Å²) in [6.45, 7) is 3.06. The largest absolute Gasteiger partial charge is 0.396 e. The third-order valence-electron chi connectivity index (χ3n) is 2.98. The average Bonchev–Trinajstić information content (AvgIpc) is 2.65. The first kappa shape index (κ1) is 10.7. The predicted molar refractivity (Wildman–Crippen MR) is 63.2 cm³/mol. The monoisotopic (exact) mass is 220 g/mol. The van der Waals surface area contributed by atoms with Gasteiger partial charge in [-0.1, -0.05) is 0 Å². The lowest BCUT2D eigenvalue weighted by atomic mass is 10.2. The van der Waals surface area contributed by atoms with Crippen molar-refractivity contribution in [3.05, 3.63) is 17.8 Å².